The molecule has 234 valence electrons. The molecule has 0 saturated heterocycles. The van der Waals surface area contributed by atoms with Crippen LogP contribution < -0.4 is 4.31 Å². The largest absolute Gasteiger partial charge is 0.480 e. The van der Waals surface area contributed by atoms with Crippen LogP contribution >= 0.6 is 23.2 Å². The molecule has 10 nitrogen and oxygen atoms in total. The van der Waals surface area contributed by atoms with Crippen molar-refractivity contribution in [2.45, 2.75) is 47.8 Å². The fraction of sp³-hybridized carbons (Fsp3) is 0.194. The highest BCUT2D eigenvalue weighted by molar-refractivity contribution is 7.93. The zero-order valence-electron chi connectivity index (χ0n) is 23.8. The molecule has 1 aromatic heterocycles. The molecule has 5 rings (SSSR count). The van der Waals surface area contributed by atoms with Crippen molar-refractivity contribution in [3.63, 3.8) is 0 Å². The quantitative estimate of drug-likeness (QED) is 0.146. The van der Waals surface area contributed by atoms with Crippen molar-refractivity contribution in [3.05, 3.63) is 101 Å². The van der Waals surface area contributed by atoms with Gasteiger partial charge in [-0.15, -0.1) is 0 Å². The second-order valence-electron chi connectivity index (χ2n) is 10.2. The summed E-state index contributed by atoms with van der Waals surface area (Å²) >= 11 is 12.2. The Bertz CT molecular complexity index is 2070. The molecule has 0 bridgehead atoms. The minimum absolute atomic E-state index is 0.0276. The first-order valence-electron chi connectivity index (χ1n) is 13.8. The number of aromatic nitrogens is 2. The van der Waals surface area contributed by atoms with Crippen LogP contribution in [0.15, 0.2) is 99.2 Å². The molecule has 14 heteroatoms. The van der Waals surface area contributed by atoms with E-state index in [1.165, 1.54) is 36.4 Å². The van der Waals surface area contributed by atoms with Gasteiger partial charge >= 0.3 is 5.97 Å². The maximum atomic E-state index is 14.1. The van der Waals surface area contributed by atoms with Crippen molar-refractivity contribution >= 4 is 65.5 Å². The summed E-state index contributed by atoms with van der Waals surface area (Å²) < 4.78 is 60.1. The predicted molar refractivity (Wildman–Crippen MR) is 172 cm³/mol. The van der Waals surface area contributed by atoms with E-state index in [4.69, 9.17) is 27.7 Å². The van der Waals surface area contributed by atoms with E-state index in [1.807, 2.05) is 6.92 Å². The van der Waals surface area contributed by atoms with Gasteiger partial charge < -0.3 is 9.63 Å². The molecule has 0 amide bonds. The Balaban J connectivity index is 1.57. The Morgan fingerprint density at radius 1 is 0.911 bits per heavy atom. The van der Waals surface area contributed by atoms with E-state index in [0.717, 1.165) is 4.31 Å². The first-order valence-corrected chi connectivity index (χ1v) is 17.6. The molecule has 1 heterocycles. The van der Waals surface area contributed by atoms with E-state index in [1.54, 1.807) is 48.5 Å². The fourth-order valence-corrected chi connectivity index (χ4v) is 8.47. The number of nitrogens with zero attached hydrogens (tertiary/aromatic N) is 3. The Hall–Kier alpha value is -3.97. The van der Waals surface area contributed by atoms with Crippen LogP contribution in [0.25, 0.3) is 22.2 Å². The lowest BCUT2D eigenvalue weighted by molar-refractivity contribution is -0.138. The van der Waals surface area contributed by atoms with Gasteiger partial charge in [0.05, 0.1) is 15.5 Å². The average molecular weight is 689 g/mol. The Morgan fingerprint density at radius 2 is 1.62 bits per heavy atom. The normalized spacial score (nSPS) is 12.7. The molecule has 5 aromatic rings. The SMILES string of the molecule is CCCCC(C(=O)O)N(c1ccc2c(-c3nc(CS(=O)(=O)c4ccccc4)no3)cccc2c1)S(=O)(=O)c1cc(Cl)cc(Cl)c1. The second-order valence-corrected chi connectivity index (χ2v) is 14.9. The molecule has 0 saturated carbocycles. The molecule has 1 unspecified atom stereocenters. The summed E-state index contributed by atoms with van der Waals surface area (Å²) in [6, 6.07) is 20.1. The predicted octanol–water partition coefficient (Wildman–Crippen LogP) is 7.01. The van der Waals surface area contributed by atoms with Crippen LogP contribution in [-0.4, -0.2) is 44.1 Å². The highest BCUT2D eigenvalue weighted by Crippen LogP contribution is 2.35. The summed E-state index contributed by atoms with van der Waals surface area (Å²) in [5.41, 5.74) is 0.589. The molecule has 0 spiro atoms. The minimum atomic E-state index is -4.46. The lowest BCUT2D eigenvalue weighted by Crippen LogP contribution is -2.45. The molecular formula is C31H27Cl2N3O7S2. The first kappa shape index (κ1) is 32.4. The van der Waals surface area contributed by atoms with Crippen LogP contribution in [0.4, 0.5) is 5.69 Å². The van der Waals surface area contributed by atoms with E-state index in [0.29, 0.717) is 29.2 Å². The summed E-state index contributed by atoms with van der Waals surface area (Å²) in [6.07, 6.45) is 1.19. The van der Waals surface area contributed by atoms with Crippen LogP contribution in [0.3, 0.4) is 0 Å². The average Bonchev–Trinajstić information content (AvgIpc) is 3.45. The fourth-order valence-electron chi connectivity index (χ4n) is 4.91. The third-order valence-corrected chi connectivity index (χ3v) is 10.9. The number of fused-ring (bicyclic) bond motifs is 1. The van der Waals surface area contributed by atoms with Gasteiger partial charge in [-0.05, 0) is 65.7 Å². The topological polar surface area (TPSA) is 148 Å². The summed E-state index contributed by atoms with van der Waals surface area (Å²) in [4.78, 5) is 16.7. The number of halogens is 2. The van der Waals surface area contributed by atoms with Gasteiger partial charge in [0.2, 0.25) is 0 Å². The number of sulfone groups is 1. The number of sulfonamides is 1. The van der Waals surface area contributed by atoms with Crippen molar-refractivity contribution in [2.75, 3.05) is 4.31 Å². The summed E-state index contributed by atoms with van der Waals surface area (Å²) in [5, 5.41) is 15.4. The van der Waals surface area contributed by atoms with Gasteiger partial charge in [-0.1, -0.05) is 84.5 Å². The third-order valence-electron chi connectivity index (χ3n) is 7.03. The standard InChI is InChI=1S/C31H27Cl2N3O7S2/c1-2-3-12-28(31(37)38)36(45(41,42)25-17-21(32)16-22(33)18-25)23-13-14-26-20(15-23)8-7-11-27(26)30-34-29(35-43-30)19-44(39,40)24-9-5-4-6-10-24/h4-11,13-18,28H,2-3,12,19H2,1H3,(H,37,38). The van der Waals surface area contributed by atoms with Crippen LogP contribution in [0, 0.1) is 0 Å². The van der Waals surface area contributed by atoms with Gasteiger partial charge in [-0.25, -0.2) is 21.6 Å². The van der Waals surface area contributed by atoms with E-state index in [9.17, 15) is 26.7 Å². The summed E-state index contributed by atoms with van der Waals surface area (Å²) in [6.45, 7) is 1.88. The van der Waals surface area contributed by atoms with Gasteiger partial charge in [0.25, 0.3) is 15.9 Å². The maximum Gasteiger partial charge on any atom is 0.327 e. The first-order chi connectivity index (χ1) is 21.4. The molecular weight excluding hydrogens is 661 g/mol. The Kier molecular flexibility index (Phi) is 9.49. The van der Waals surface area contributed by atoms with E-state index in [-0.39, 0.29) is 43.7 Å². The number of hydrogen-bond acceptors (Lipinski definition) is 8. The molecule has 4 aromatic carbocycles. The highest BCUT2D eigenvalue weighted by atomic mass is 35.5. The van der Waals surface area contributed by atoms with Gasteiger partial charge in [-0.2, -0.15) is 4.98 Å². The second kappa shape index (κ2) is 13.2. The van der Waals surface area contributed by atoms with Crippen molar-refractivity contribution in [2.24, 2.45) is 0 Å². The van der Waals surface area contributed by atoms with Crippen molar-refractivity contribution < 1.29 is 31.3 Å². The monoisotopic (exact) mass is 687 g/mol. The third kappa shape index (κ3) is 6.99. The van der Waals surface area contributed by atoms with Gasteiger partial charge in [0.15, 0.2) is 15.7 Å². The molecule has 0 aliphatic rings. The van der Waals surface area contributed by atoms with Crippen molar-refractivity contribution in [1.29, 1.82) is 0 Å². The number of carbonyl (C=O) groups is 1. The molecule has 0 fully saturated rings. The van der Waals surface area contributed by atoms with Crippen LogP contribution in [-0.2, 0) is 30.4 Å². The number of unbranched alkanes of at least 4 members (excludes halogenated alkanes) is 1. The number of aliphatic carboxylic acids is 1. The zero-order valence-corrected chi connectivity index (χ0v) is 26.9. The number of anilines is 1. The lowest BCUT2D eigenvalue weighted by atomic mass is 10.0. The Labute approximate surface area is 270 Å². The number of carboxylic acid groups (broad SMARTS) is 1. The summed E-state index contributed by atoms with van der Waals surface area (Å²) in [5.74, 6) is -1.74. The van der Waals surface area contributed by atoms with E-state index in [2.05, 4.69) is 10.1 Å². The smallest absolute Gasteiger partial charge is 0.327 e. The van der Waals surface area contributed by atoms with Crippen LogP contribution in [0.2, 0.25) is 10.0 Å². The molecule has 45 heavy (non-hydrogen) atoms. The van der Waals surface area contributed by atoms with E-state index >= 15 is 0 Å². The van der Waals surface area contributed by atoms with Crippen molar-refractivity contribution in [3.8, 4) is 11.5 Å². The number of benzene rings is 4. The zero-order chi connectivity index (χ0) is 32.4. The molecule has 0 radical (unpaired) electrons. The number of rotatable bonds is 12. The van der Waals surface area contributed by atoms with E-state index < -0.39 is 37.6 Å². The van der Waals surface area contributed by atoms with Gasteiger partial charge in [-0.3, -0.25) is 4.31 Å². The molecule has 0 aliphatic carbocycles. The number of carboxylic acids is 1. The van der Waals surface area contributed by atoms with Crippen molar-refractivity contribution in [1.82, 2.24) is 10.1 Å². The number of hydrogen-bond donors (Lipinski definition) is 1. The minimum Gasteiger partial charge on any atom is -0.480 e. The Morgan fingerprint density at radius 3 is 2.29 bits per heavy atom. The highest BCUT2D eigenvalue weighted by Gasteiger charge is 2.36. The summed E-state index contributed by atoms with van der Waals surface area (Å²) in [7, 11) is -8.17. The van der Waals surface area contributed by atoms with Gasteiger partial charge in [0.1, 0.15) is 11.8 Å². The van der Waals surface area contributed by atoms with Crippen LogP contribution in [0.5, 0.6) is 0 Å². The maximum absolute atomic E-state index is 14.1. The lowest BCUT2D eigenvalue weighted by Gasteiger charge is -2.30. The van der Waals surface area contributed by atoms with Crippen LogP contribution in [0.1, 0.15) is 32.0 Å². The molecule has 0 aliphatic heterocycles. The molecule has 1 atom stereocenters. The molecule has 1 N–H and O–H groups in total. The van der Waals surface area contributed by atoms with Gasteiger partial charge in [0, 0.05) is 15.6 Å².